The summed E-state index contributed by atoms with van der Waals surface area (Å²) in [5.74, 6) is -0.132. The van der Waals surface area contributed by atoms with Crippen LogP contribution in [-0.2, 0) is 4.79 Å². The van der Waals surface area contributed by atoms with E-state index in [1.54, 1.807) is 14.1 Å². The van der Waals surface area contributed by atoms with Crippen molar-refractivity contribution >= 4 is 11.9 Å². The van der Waals surface area contributed by atoms with E-state index in [0.717, 1.165) is 12.8 Å². The van der Waals surface area contributed by atoms with E-state index in [1.807, 2.05) is 0 Å². The van der Waals surface area contributed by atoms with E-state index < -0.39 is 0 Å². The van der Waals surface area contributed by atoms with E-state index in [-0.39, 0.29) is 18.5 Å². The number of unbranched alkanes of at least 4 members (excludes halogenated alkanes) is 1. The number of nitrogens with two attached hydrogens (primary N) is 1. The Morgan fingerprint density at radius 3 is 2.40 bits per heavy atom. The Bertz CT molecular complexity index is 206. The predicted molar refractivity (Wildman–Crippen MR) is 58.4 cm³/mol. The van der Waals surface area contributed by atoms with Crippen molar-refractivity contribution in [1.29, 1.82) is 0 Å². The molecule has 0 aliphatic heterocycles. The van der Waals surface area contributed by atoms with Crippen molar-refractivity contribution in [1.82, 2.24) is 15.5 Å². The van der Waals surface area contributed by atoms with Gasteiger partial charge in [0, 0.05) is 20.6 Å². The number of hydrogen-bond donors (Lipinski definition) is 3. The third-order valence-corrected chi connectivity index (χ3v) is 1.82. The maximum absolute atomic E-state index is 11.1. The molecular weight excluding hydrogens is 196 g/mol. The molecule has 0 aromatic rings. The Balaban J connectivity index is 3.45. The van der Waals surface area contributed by atoms with Crippen molar-refractivity contribution < 1.29 is 9.59 Å². The molecule has 0 bridgehead atoms. The van der Waals surface area contributed by atoms with Crippen LogP contribution in [0.15, 0.2) is 0 Å². The highest BCUT2D eigenvalue weighted by molar-refractivity contribution is 5.83. The molecule has 0 fully saturated rings. The quantitative estimate of drug-likeness (QED) is 0.503. The molecule has 6 heteroatoms. The third-order valence-electron chi connectivity index (χ3n) is 1.82. The van der Waals surface area contributed by atoms with Crippen LogP contribution in [0.25, 0.3) is 0 Å². The zero-order chi connectivity index (χ0) is 11.7. The van der Waals surface area contributed by atoms with Gasteiger partial charge < -0.3 is 21.3 Å². The normalized spacial score (nSPS) is 9.53. The lowest BCUT2D eigenvalue weighted by Gasteiger charge is -2.11. The van der Waals surface area contributed by atoms with Gasteiger partial charge in [-0.1, -0.05) is 0 Å². The Morgan fingerprint density at radius 1 is 1.20 bits per heavy atom. The van der Waals surface area contributed by atoms with Crippen LogP contribution in [0.1, 0.15) is 12.8 Å². The summed E-state index contributed by atoms with van der Waals surface area (Å²) in [4.78, 5) is 23.6. The lowest BCUT2D eigenvalue weighted by molar-refractivity contribution is -0.127. The van der Waals surface area contributed by atoms with Gasteiger partial charge in [-0.25, -0.2) is 4.79 Å². The number of hydrogen-bond acceptors (Lipinski definition) is 3. The summed E-state index contributed by atoms with van der Waals surface area (Å²) in [6, 6.07) is -0.317. The first-order valence-electron chi connectivity index (χ1n) is 5.00. The first-order valence-corrected chi connectivity index (χ1v) is 5.00. The van der Waals surface area contributed by atoms with Crippen LogP contribution in [0.4, 0.5) is 4.79 Å². The van der Waals surface area contributed by atoms with Crippen molar-refractivity contribution in [3.63, 3.8) is 0 Å². The molecule has 0 heterocycles. The molecule has 6 nitrogen and oxygen atoms in total. The van der Waals surface area contributed by atoms with E-state index in [4.69, 9.17) is 5.73 Å². The molecule has 0 saturated carbocycles. The lowest BCUT2D eigenvalue weighted by atomic mass is 10.3. The molecular formula is C9H20N4O2. The minimum absolute atomic E-state index is 0.0235. The van der Waals surface area contributed by atoms with Gasteiger partial charge in [0.2, 0.25) is 5.91 Å². The average Bonchev–Trinajstić information content (AvgIpc) is 2.20. The molecule has 0 atom stereocenters. The topological polar surface area (TPSA) is 87.5 Å². The van der Waals surface area contributed by atoms with E-state index in [1.165, 1.54) is 4.90 Å². The second kappa shape index (κ2) is 8.05. The molecule has 0 aliphatic rings. The number of carbonyl (C=O) groups is 2. The van der Waals surface area contributed by atoms with Gasteiger partial charge in [-0.3, -0.25) is 4.79 Å². The van der Waals surface area contributed by atoms with Crippen LogP contribution in [-0.4, -0.2) is 50.6 Å². The van der Waals surface area contributed by atoms with E-state index in [2.05, 4.69) is 10.6 Å². The lowest BCUT2D eigenvalue weighted by Crippen LogP contribution is -2.42. The molecule has 0 aliphatic carbocycles. The zero-order valence-corrected chi connectivity index (χ0v) is 9.38. The molecule has 0 aromatic heterocycles. The Kier molecular flexibility index (Phi) is 7.35. The Morgan fingerprint density at radius 2 is 1.87 bits per heavy atom. The standard InChI is InChI=1S/C9H20N4O2/c1-13(2)8(14)7-12-9(15)11-6-4-3-5-10/h3-7,10H2,1-2H3,(H2,11,12,15). The van der Waals surface area contributed by atoms with Crippen molar-refractivity contribution in [3.8, 4) is 0 Å². The van der Waals surface area contributed by atoms with Gasteiger partial charge >= 0.3 is 6.03 Å². The SMILES string of the molecule is CN(C)C(=O)CNC(=O)NCCCCN. The molecule has 0 aromatic carbocycles. The summed E-state index contributed by atoms with van der Waals surface area (Å²) < 4.78 is 0. The van der Waals surface area contributed by atoms with Crippen LogP contribution in [0.2, 0.25) is 0 Å². The van der Waals surface area contributed by atoms with Crippen LogP contribution >= 0.6 is 0 Å². The summed E-state index contributed by atoms with van der Waals surface area (Å²) in [7, 11) is 3.28. The van der Waals surface area contributed by atoms with Gasteiger partial charge in [0.25, 0.3) is 0 Å². The summed E-state index contributed by atoms with van der Waals surface area (Å²) in [5.41, 5.74) is 5.30. The molecule has 4 N–H and O–H groups in total. The van der Waals surface area contributed by atoms with Crippen molar-refractivity contribution in [2.45, 2.75) is 12.8 Å². The number of amides is 3. The second-order valence-corrected chi connectivity index (χ2v) is 3.39. The fourth-order valence-corrected chi connectivity index (χ4v) is 0.848. The average molecular weight is 216 g/mol. The zero-order valence-electron chi connectivity index (χ0n) is 9.38. The molecule has 3 amide bonds. The largest absolute Gasteiger partial charge is 0.347 e. The van der Waals surface area contributed by atoms with Gasteiger partial charge in [-0.2, -0.15) is 0 Å². The number of carbonyl (C=O) groups excluding carboxylic acids is 2. The Hall–Kier alpha value is -1.30. The van der Waals surface area contributed by atoms with Gasteiger partial charge in [0.1, 0.15) is 0 Å². The fraction of sp³-hybridized carbons (Fsp3) is 0.778. The first kappa shape index (κ1) is 13.7. The second-order valence-electron chi connectivity index (χ2n) is 3.39. The molecule has 0 saturated heterocycles. The summed E-state index contributed by atoms with van der Waals surface area (Å²) >= 11 is 0. The highest BCUT2D eigenvalue weighted by Crippen LogP contribution is 1.82. The van der Waals surface area contributed by atoms with Crippen molar-refractivity contribution in [2.75, 3.05) is 33.7 Å². The Labute approximate surface area is 90.2 Å². The molecule has 0 unspecified atom stereocenters. The number of rotatable bonds is 6. The smallest absolute Gasteiger partial charge is 0.315 e. The predicted octanol–water partition coefficient (Wildman–Crippen LogP) is -0.887. The van der Waals surface area contributed by atoms with Crippen LogP contribution in [0, 0.1) is 0 Å². The molecule has 0 rings (SSSR count). The fourth-order valence-electron chi connectivity index (χ4n) is 0.848. The maximum Gasteiger partial charge on any atom is 0.315 e. The number of nitrogens with one attached hydrogen (secondary N) is 2. The van der Waals surface area contributed by atoms with Crippen LogP contribution in [0.5, 0.6) is 0 Å². The van der Waals surface area contributed by atoms with Gasteiger partial charge in [-0.05, 0) is 19.4 Å². The first-order chi connectivity index (χ1) is 7.07. The van der Waals surface area contributed by atoms with Crippen molar-refractivity contribution in [2.24, 2.45) is 5.73 Å². The van der Waals surface area contributed by atoms with Crippen LogP contribution < -0.4 is 16.4 Å². The number of nitrogens with zero attached hydrogens (tertiary/aromatic N) is 1. The molecule has 0 radical (unpaired) electrons. The summed E-state index contributed by atoms with van der Waals surface area (Å²) in [6.45, 7) is 1.23. The minimum atomic E-state index is -0.317. The molecule has 88 valence electrons. The van der Waals surface area contributed by atoms with Crippen molar-refractivity contribution in [3.05, 3.63) is 0 Å². The van der Waals surface area contributed by atoms with E-state index in [9.17, 15) is 9.59 Å². The van der Waals surface area contributed by atoms with Crippen LogP contribution in [0.3, 0.4) is 0 Å². The highest BCUT2D eigenvalue weighted by Gasteiger charge is 2.05. The van der Waals surface area contributed by atoms with E-state index in [0.29, 0.717) is 13.1 Å². The molecule has 0 spiro atoms. The highest BCUT2D eigenvalue weighted by atomic mass is 16.2. The third kappa shape index (κ3) is 7.75. The monoisotopic (exact) mass is 216 g/mol. The summed E-state index contributed by atoms with van der Waals surface area (Å²) in [5, 5.41) is 5.10. The summed E-state index contributed by atoms with van der Waals surface area (Å²) in [6.07, 6.45) is 1.74. The van der Waals surface area contributed by atoms with Gasteiger partial charge in [0.05, 0.1) is 6.54 Å². The van der Waals surface area contributed by atoms with Gasteiger partial charge in [0.15, 0.2) is 0 Å². The number of likely N-dealkylation sites (N-methyl/N-ethyl adjacent to an activating group) is 1. The molecule has 15 heavy (non-hydrogen) atoms. The minimum Gasteiger partial charge on any atom is -0.347 e. The maximum atomic E-state index is 11.1. The van der Waals surface area contributed by atoms with Gasteiger partial charge in [-0.15, -0.1) is 0 Å². The number of urea groups is 1. The van der Waals surface area contributed by atoms with E-state index >= 15 is 0 Å².